The number of halogens is 2. The van der Waals surface area contributed by atoms with Gasteiger partial charge in [0.2, 0.25) is 0 Å². The zero-order valence-electron chi connectivity index (χ0n) is 13.1. The molecule has 130 valence electrons. The van der Waals surface area contributed by atoms with E-state index in [2.05, 4.69) is 10.1 Å². The first-order valence-corrected chi connectivity index (χ1v) is 7.66. The van der Waals surface area contributed by atoms with E-state index < -0.39 is 12.5 Å². The topological polar surface area (TPSA) is 64.6 Å². The van der Waals surface area contributed by atoms with Gasteiger partial charge in [-0.2, -0.15) is 8.78 Å². The van der Waals surface area contributed by atoms with Gasteiger partial charge in [0.1, 0.15) is 11.5 Å². The van der Waals surface area contributed by atoms with Gasteiger partial charge >= 0.3 is 6.61 Å². The van der Waals surface area contributed by atoms with Crippen LogP contribution in [0.2, 0.25) is 0 Å². The molecule has 5 nitrogen and oxygen atoms in total. The van der Waals surface area contributed by atoms with Crippen LogP contribution < -0.4 is 14.8 Å². The Morgan fingerprint density at radius 2 is 1.84 bits per heavy atom. The summed E-state index contributed by atoms with van der Waals surface area (Å²) in [5.74, 6) is -0.108. The highest BCUT2D eigenvalue weighted by molar-refractivity contribution is 6.01. The average Bonchev–Trinajstić information content (AvgIpc) is 2.96. The second-order valence-electron chi connectivity index (χ2n) is 5.42. The lowest BCUT2D eigenvalue weighted by Crippen LogP contribution is -2.21. The molecular weight excluding hydrogens is 332 g/mol. The van der Waals surface area contributed by atoms with Gasteiger partial charge in [-0.25, -0.2) is 0 Å². The molecule has 0 radical (unpaired) electrons. The number of rotatable bonds is 6. The van der Waals surface area contributed by atoms with Crippen LogP contribution in [0.15, 0.2) is 42.5 Å². The number of benzene rings is 2. The first-order chi connectivity index (χ1) is 12.0. The predicted octanol–water partition coefficient (Wildman–Crippen LogP) is 3.43. The van der Waals surface area contributed by atoms with Crippen molar-refractivity contribution >= 4 is 17.4 Å². The second-order valence-corrected chi connectivity index (χ2v) is 5.42. The van der Waals surface area contributed by atoms with Crippen molar-refractivity contribution < 1.29 is 27.8 Å². The number of amides is 1. The van der Waals surface area contributed by atoms with E-state index in [0.29, 0.717) is 24.2 Å². The zero-order valence-corrected chi connectivity index (χ0v) is 13.1. The Bertz CT molecular complexity index is 807. The molecule has 3 rings (SSSR count). The van der Waals surface area contributed by atoms with Crippen LogP contribution >= 0.6 is 0 Å². The molecule has 0 unspecified atom stereocenters. The summed E-state index contributed by atoms with van der Waals surface area (Å²) in [5, 5.41) is 2.47. The van der Waals surface area contributed by atoms with Crippen LogP contribution in [0.1, 0.15) is 22.3 Å². The van der Waals surface area contributed by atoms with E-state index in [0.717, 1.165) is 5.56 Å². The molecule has 0 spiro atoms. The number of carbonyl (C=O) groups excluding carboxylic acids is 2. The maximum atomic E-state index is 12.4. The molecule has 0 heterocycles. The molecule has 2 aromatic rings. The third-order valence-electron chi connectivity index (χ3n) is 3.77. The van der Waals surface area contributed by atoms with E-state index in [1.807, 2.05) is 0 Å². The third-order valence-corrected chi connectivity index (χ3v) is 3.77. The molecule has 25 heavy (non-hydrogen) atoms. The van der Waals surface area contributed by atoms with Gasteiger partial charge in [0, 0.05) is 17.5 Å². The zero-order chi connectivity index (χ0) is 17.8. The fraction of sp³-hybridized carbons (Fsp3) is 0.222. The fourth-order valence-electron chi connectivity index (χ4n) is 2.69. The number of ether oxygens (including phenoxy) is 2. The molecule has 0 atom stereocenters. The van der Waals surface area contributed by atoms with Crippen molar-refractivity contribution in [2.75, 3.05) is 11.9 Å². The summed E-state index contributed by atoms with van der Waals surface area (Å²) in [6.45, 7) is -3.30. The maximum Gasteiger partial charge on any atom is 0.387 e. The number of Topliss-reactive ketones (excluding diaryl/α,β-unsaturated/α-hetero) is 1. The van der Waals surface area contributed by atoms with Crippen LogP contribution in [0.3, 0.4) is 0 Å². The molecule has 7 heteroatoms. The normalized spacial score (nSPS) is 12.8. The van der Waals surface area contributed by atoms with Crippen molar-refractivity contribution in [2.24, 2.45) is 0 Å². The lowest BCUT2D eigenvalue weighted by Gasteiger charge is -2.13. The fourth-order valence-corrected chi connectivity index (χ4v) is 2.69. The van der Waals surface area contributed by atoms with Crippen LogP contribution in [0.4, 0.5) is 14.5 Å². The molecule has 0 aromatic heterocycles. The number of carbonyl (C=O) groups is 2. The molecule has 1 amide bonds. The van der Waals surface area contributed by atoms with Crippen LogP contribution in [0.5, 0.6) is 11.5 Å². The lowest BCUT2D eigenvalue weighted by atomic mass is 10.1. The quantitative estimate of drug-likeness (QED) is 0.869. The van der Waals surface area contributed by atoms with Gasteiger partial charge in [0.15, 0.2) is 12.4 Å². The van der Waals surface area contributed by atoms with E-state index in [9.17, 15) is 18.4 Å². The van der Waals surface area contributed by atoms with Crippen molar-refractivity contribution in [3.05, 3.63) is 53.6 Å². The first-order valence-electron chi connectivity index (χ1n) is 7.66. The highest BCUT2D eigenvalue weighted by atomic mass is 19.3. The number of fused-ring (bicyclic) bond motifs is 1. The summed E-state index contributed by atoms with van der Waals surface area (Å²) in [7, 11) is 0. The minimum absolute atomic E-state index is 0.0583. The van der Waals surface area contributed by atoms with Gasteiger partial charge in [0.25, 0.3) is 5.91 Å². The molecule has 2 aromatic carbocycles. The molecule has 1 N–H and O–H groups in total. The minimum atomic E-state index is -2.99. The summed E-state index contributed by atoms with van der Waals surface area (Å²) < 4.78 is 34.6. The highest BCUT2D eigenvalue weighted by Gasteiger charge is 2.23. The number of hydrogen-bond donors (Lipinski definition) is 1. The summed E-state index contributed by atoms with van der Waals surface area (Å²) in [4.78, 5) is 23.8. The first kappa shape index (κ1) is 16.9. The van der Waals surface area contributed by atoms with Crippen molar-refractivity contribution in [2.45, 2.75) is 19.5 Å². The molecule has 1 aliphatic rings. The Hall–Kier alpha value is -2.96. The van der Waals surface area contributed by atoms with Gasteiger partial charge in [-0.15, -0.1) is 0 Å². The van der Waals surface area contributed by atoms with E-state index in [-0.39, 0.29) is 23.8 Å². The monoisotopic (exact) mass is 347 g/mol. The van der Waals surface area contributed by atoms with Crippen LogP contribution in [-0.2, 0) is 11.2 Å². The van der Waals surface area contributed by atoms with Gasteiger partial charge < -0.3 is 14.8 Å². The summed E-state index contributed by atoms with van der Waals surface area (Å²) in [6, 6.07) is 11.0. The molecule has 0 fully saturated rings. The number of hydrogen-bond acceptors (Lipinski definition) is 4. The van der Waals surface area contributed by atoms with E-state index in [1.54, 1.807) is 24.3 Å². The third kappa shape index (κ3) is 3.93. The Morgan fingerprint density at radius 3 is 2.64 bits per heavy atom. The molecule has 0 bridgehead atoms. The Balaban J connectivity index is 1.64. The number of para-hydroxylation sites is 2. The van der Waals surface area contributed by atoms with Crippen LogP contribution in [-0.4, -0.2) is 24.9 Å². The molecule has 0 saturated carbocycles. The average molecular weight is 347 g/mol. The standard InChI is InChI=1S/C18H15F2NO4/c19-18(20)25-16-6-2-1-5-13(16)21-17(23)10-24-15-7-3-4-11-12(15)8-9-14(11)22/h1-7,18H,8-10H2,(H,21,23). The van der Waals surface area contributed by atoms with E-state index >= 15 is 0 Å². The molecular formula is C18H15F2NO4. The Labute approximate surface area is 142 Å². The number of alkyl halides is 2. The van der Waals surface area contributed by atoms with Gasteiger partial charge in [-0.1, -0.05) is 24.3 Å². The Morgan fingerprint density at radius 1 is 1.08 bits per heavy atom. The van der Waals surface area contributed by atoms with Crippen molar-refractivity contribution in [1.82, 2.24) is 0 Å². The molecule has 1 aliphatic carbocycles. The van der Waals surface area contributed by atoms with Crippen LogP contribution in [0, 0.1) is 0 Å². The second kappa shape index (κ2) is 7.29. The summed E-state index contributed by atoms with van der Waals surface area (Å²) in [6.07, 6.45) is 1.01. The van der Waals surface area contributed by atoms with E-state index in [1.165, 1.54) is 18.2 Å². The minimum Gasteiger partial charge on any atom is -0.483 e. The van der Waals surface area contributed by atoms with Crippen molar-refractivity contribution in [3.8, 4) is 11.5 Å². The Kier molecular flexibility index (Phi) is 4.92. The van der Waals surface area contributed by atoms with Crippen LogP contribution in [0.25, 0.3) is 0 Å². The molecule has 0 aliphatic heterocycles. The van der Waals surface area contributed by atoms with Gasteiger partial charge in [-0.3, -0.25) is 9.59 Å². The highest BCUT2D eigenvalue weighted by Crippen LogP contribution is 2.30. The number of nitrogens with one attached hydrogen (secondary N) is 1. The lowest BCUT2D eigenvalue weighted by molar-refractivity contribution is -0.118. The number of anilines is 1. The smallest absolute Gasteiger partial charge is 0.387 e. The maximum absolute atomic E-state index is 12.4. The SMILES string of the molecule is O=C(COc1cccc2c1CCC2=O)Nc1ccccc1OC(F)F. The van der Waals surface area contributed by atoms with Crippen molar-refractivity contribution in [3.63, 3.8) is 0 Å². The summed E-state index contributed by atoms with van der Waals surface area (Å²) in [5.41, 5.74) is 1.54. The molecule has 0 saturated heterocycles. The van der Waals surface area contributed by atoms with Gasteiger partial charge in [0.05, 0.1) is 5.69 Å². The van der Waals surface area contributed by atoms with E-state index in [4.69, 9.17) is 4.74 Å². The van der Waals surface area contributed by atoms with Gasteiger partial charge in [-0.05, 0) is 24.6 Å². The largest absolute Gasteiger partial charge is 0.483 e. The summed E-state index contributed by atoms with van der Waals surface area (Å²) >= 11 is 0. The predicted molar refractivity (Wildman–Crippen MR) is 86.3 cm³/mol. The number of ketones is 1. The van der Waals surface area contributed by atoms with Crippen molar-refractivity contribution in [1.29, 1.82) is 0 Å².